The number of aliphatic hydroxyl groups is 20. The molecular weight excluding hydrogens is 1300 g/mol. The quantitative estimate of drug-likeness (QED) is 0.0288. The molecule has 7 aliphatic heterocycles. The van der Waals surface area contributed by atoms with Crippen LogP contribution in [0.5, 0.6) is 0 Å². The van der Waals surface area contributed by atoms with Crippen LogP contribution in [0.2, 0.25) is 0 Å². The van der Waals surface area contributed by atoms with Gasteiger partial charge in [-0.1, -0.05) is 19.9 Å². The number of fused-ring (bicyclic) bond motifs is 3. The summed E-state index contributed by atoms with van der Waals surface area (Å²) >= 11 is 0. The maximum Gasteiger partial charge on any atom is 0.314 e. The Hall–Kier alpha value is -2.11. The lowest BCUT2D eigenvalue weighted by molar-refractivity contribution is -0.393. The van der Waals surface area contributed by atoms with Gasteiger partial charge in [0.05, 0.1) is 75.6 Å². The standard InChI is InChI=1S/C62H100O35/c1-23-14-61-9-5-37-59(2,7-4-8-60(37,3)58(83)96-56-49(95-55-46(82)44(80)40(76)33(18-66)88-55)47(41(77)34(19-67)89-56)93-54-45(81)43(79)39(75)32(17-65)87-54)38(61)6-10-62(23,22-61)97-57-50(94-52-28(73)12-25(70)31(16-64)86-52)48(42(78)35(20-68)90-57)92-53-29(74)13-26(71)36(91-53)21-84-51-27(72)11-24(69)30(15-63)85-51/h24-57,63-82H,1,4-22H2,2-3H3/t24?,25?,26?,27?,28?,29?,30?,31?,32?,33?,34?,35?,36?,37?,38-,39?,40?,41?,42?,43?,44?,45?,46?,47?,48?,49?,50?,51?,52?,53?,54?,55?,56?,57?,59+,60+,61+,62-/m0/s1. The first kappa shape index (κ1) is 76.0. The highest BCUT2D eigenvalue weighted by molar-refractivity contribution is 5.77. The minimum absolute atomic E-state index is 0.136. The number of hydrogen-bond donors (Lipinski definition) is 20. The Kier molecular flexibility index (Phi) is 23.9. The molecule has 558 valence electrons. The zero-order valence-corrected chi connectivity index (χ0v) is 53.8. The van der Waals surface area contributed by atoms with Crippen molar-refractivity contribution in [1.29, 1.82) is 0 Å². The molecule has 0 amide bonds. The Labute approximate surface area is 557 Å². The van der Waals surface area contributed by atoms with E-state index in [2.05, 4.69) is 13.5 Å². The smallest absolute Gasteiger partial charge is 0.314 e. The van der Waals surface area contributed by atoms with Gasteiger partial charge in [0.15, 0.2) is 43.8 Å². The van der Waals surface area contributed by atoms with Crippen LogP contribution in [-0.2, 0) is 71.1 Å². The summed E-state index contributed by atoms with van der Waals surface area (Å²) in [5.74, 6) is -1.40. The second-order valence-corrected chi connectivity index (χ2v) is 29.0. The lowest BCUT2D eigenvalue weighted by Crippen LogP contribution is -2.67. The van der Waals surface area contributed by atoms with Gasteiger partial charge in [-0.15, -0.1) is 0 Å². The zero-order valence-electron chi connectivity index (χ0n) is 53.8. The number of ether oxygens (including phenoxy) is 14. The average Bonchev–Trinajstić information content (AvgIpc) is 1.61. The van der Waals surface area contributed by atoms with Gasteiger partial charge in [-0.2, -0.15) is 0 Å². The van der Waals surface area contributed by atoms with Gasteiger partial charge in [-0.25, -0.2) is 0 Å². The van der Waals surface area contributed by atoms with Crippen LogP contribution in [0.15, 0.2) is 12.2 Å². The lowest BCUT2D eigenvalue weighted by atomic mass is 9.41. The molecule has 4 aliphatic carbocycles. The van der Waals surface area contributed by atoms with E-state index in [1.165, 1.54) is 0 Å². The molecule has 2 bridgehead atoms. The van der Waals surface area contributed by atoms with Gasteiger partial charge in [0.25, 0.3) is 0 Å². The molecule has 0 aromatic carbocycles. The predicted molar refractivity (Wildman–Crippen MR) is 313 cm³/mol. The zero-order chi connectivity index (χ0) is 70.1. The molecule has 11 fully saturated rings. The Bertz CT molecular complexity index is 2620. The highest BCUT2D eigenvalue weighted by Gasteiger charge is 2.70. The van der Waals surface area contributed by atoms with Gasteiger partial charge < -0.3 is 168 Å². The van der Waals surface area contributed by atoms with Crippen molar-refractivity contribution in [2.75, 3.05) is 46.2 Å². The van der Waals surface area contributed by atoms with Crippen molar-refractivity contribution in [1.82, 2.24) is 0 Å². The summed E-state index contributed by atoms with van der Waals surface area (Å²) in [5, 5.41) is 216. The molecule has 35 nitrogen and oxygen atoms in total. The summed E-state index contributed by atoms with van der Waals surface area (Å²) in [6.45, 7) is 3.13. The van der Waals surface area contributed by atoms with E-state index in [-0.39, 0.29) is 38.0 Å². The first-order valence-corrected chi connectivity index (χ1v) is 33.6. The van der Waals surface area contributed by atoms with E-state index in [1.807, 2.05) is 0 Å². The van der Waals surface area contributed by atoms with E-state index in [9.17, 15) is 102 Å². The van der Waals surface area contributed by atoms with E-state index < -0.39 is 277 Å². The fourth-order valence-electron chi connectivity index (χ4n) is 17.7. The minimum atomic E-state index is -2.08. The van der Waals surface area contributed by atoms with Crippen LogP contribution < -0.4 is 0 Å². The van der Waals surface area contributed by atoms with E-state index >= 15 is 4.79 Å². The molecule has 7 heterocycles. The third kappa shape index (κ3) is 14.4. The second-order valence-electron chi connectivity index (χ2n) is 29.0. The molecule has 35 heteroatoms. The highest BCUT2D eigenvalue weighted by Crippen LogP contribution is 2.74. The first-order chi connectivity index (χ1) is 46.0. The number of carbonyl (C=O) groups is 1. The van der Waals surface area contributed by atoms with Crippen LogP contribution in [0.4, 0.5) is 0 Å². The fourth-order valence-corrected chi connectivity index (χ4v) is 17.7. The Morgan fingerprint density at radius 2 is 0.845 bits per heavy atom. The highest BCUT2D eigenvalue weighted by atomic mass is 16.8. The molecule has 1 spiro atoms. The molecule has 38 atom stereocenters. The van der Waals surface area contributed by atoms with Crippen LogP contribution in [0.3, 0.4) is 0 Å². The second kappa shape index (κ2) is 30.5. The van der Waals surface area contributed by atoms with Crippen molar-refractivity contribution in [2.45, 2.75) is 293 Å². The monoisotopic (exact) mass is 1400 g/mol. The summed E-state index contributed by atoms with van der Waals surface area (Å²) in [7, 11) is 0. The van der Waals surface area contributed by atoms with E-state index in [4.69, 9.17) is 66.3 Å². The maximum atomic E-state index is 15.5. The average molecular weight is 1410 g/mol. The third-order valence-corrected chi connectivity index (χ3v) is 23.0. The molecule has 97 heavy (non-hydrogen) atoms. The lowest BCUT2D eigenvalue weighted by Gasteiger charge is -2.64. The van der Waals surface area contributed by atoms with Crippen LogP contribution >= 0.6 is 0 Å². The van der Waals surface area contributed by atoms with Crippen LogP contribution in [0.1, 0.15) is 90.9 Å². The number of aliphatic hydroxyl groups excluding tert-OH is 20. The molecule has 0 aromatic heterocycles. The SMILES string of the molecule is C=C1C[C@@]23CCC4[C@](C)(C(=O)OC5OC(CO)C(O)C(OC6OC(CO)C(O)C(O)C6O)C5OC5OC(CO)C(O)C(O)C5O)CCC[C@@]4(C)[C@@H]2CC[C@]1(OC1OC(CO)C(O)C(OC2OC(COC4OC(CO)C(O)CC4O)C(O)CC2O)C1OC1OC(CO)C(O)CC1O)C3. The van der Waals surface area contributed by atoms with Crippen LogP contribution in [0, 0.1) is 28.1 Å². The summed E-state index contributed by atoms with van der Waals surface area (Å²) in [4.78, 5) is 15.5. The summed E-state index contributed by atoms with van der Waals surface area (Å²) in [6.07, 6.45) is -50.5. The van der Waals surface area contributed by atoms with E-state index in [1.54, 1.807) is 6.92 Å². The largest absolute Gasteiger partial charge is 0.432 e. The van der Waals surface area contributed by atoms with Gasteiger partial charge in [-0.3, -0.25) is 4.79 Å². The number of esters is 1. The molecule has 11 rings (SSSR count). The molecular formula is C62H100O35. The number of rotatable bonds is 21. The van der Waals surface area contributed by atoms with Crippen molar-refractivity contribution in [2.24, 2.45) is 28.1 Å². The Morgan fingerprint density at radius 3 is 1.38 bits per heavy atom. The van der Waals surface area contributed by atoms with Crippen molar-refractivity contribution in [3.05, 3.63) is 12.2 Å². The van der Waals surface area contributed by atoms with E-state index in [0.717, 1.165) is 0 Å². The van der Waals surface area contributed by atoms with Crippen molar-refractivity contribution in [3.63, 3.8) is 0 Å². The Balaban J connectivity index is 0.843. The van der Waals surface area contributed by atoms with Crippen LogP contribution in [-0.4, -0.2) is 357 Å². The third-order valence-electron chi connectivity index (χ3n) is 23.0. The van der Waals surface area contributed by atoms with E-state index in [0.29, 0.717) is 50.5 Å². The molecule has 11 aliphatic rings. The normalized spacial score (nSPS) is 53.4. The maximum absolute atomic E-state index is 15.5. The molecule has 4 saturated carbocycles. The minimum Gasteiger partial charge on any atom is -0.432 e. The van der Waals surface area contributed by atoms with Gasteiger partial charge in [0, 0.05) is 19.3 Å². The summed E-state index contributed by atoms with van der Waals surface area (Å²) in [6, 6.07) is 0. The van der Waals surface area contributed by atoms with Crippen molar-refractivity contribution < 1.29 is 173 Å². The molecule has 33 unspecified atom stereocenters. The topological polar surface area (TPSA) is 551 Å². The fraction of sp³-hybridized carbons (Fsp3) is 0.952. The predicted octanol–water partition coefficient (Wildman–Crippen LogP) is -8.55. The van der Waals surface area contributed by atoms with Gasteiger partial charge in [0.1, 0.15) is 128 Å². The molecule has 7 saturated heterocycles. The molecule has 0 aromatic rings. The number of hydrogen-bond acceptors (Lipinski definition) is 35. The Morgan fingerprint density at radius 1 is 0.433 bits per heavy atom. The van der Waals surface area contributed by atoms with Crippen molar-refractivity contribution >= 4 is 5.97 Å². The summed E-state index contributed by atoms with van der Waals surface area (Å²) < 4.78 is 85.7. The molecule has 20 N–H and O–H groups in total. The van der Waals surface area contributed by atoms with Crippen molar-refractivity contribution in [3.8, 4) is 0 Å². The molecule has 0 radical (unpaired) electrons. The first-order valence-electron chi connectivity index (χ1n) is 33.6. The van der Waals surface area contributed by atoms with Crippen LogP contribution in [0.25, 0.3) is 0 Å². The van der Waals surface area contributed by atoms with Gasteiger partial charge in [-0.05, 0) is 86.5 Å². The number of carbonyl (C=O) groups excluding carboxylic acids is 1. The van der Waals surface area contributed by atoms with Gasteiger partial charge in [0.2, 0.25) is 6.29 Å². The van der Waals surface area contributed by atoms with Gasteiger partial charge >= 0.3 is 5.97 Å². The summed E-state index contributed by atoms with van der Waals surface area (Å²) in [5.41, 5.74) is -3.11.